The zero-order valence-corrected chi connectivity index (χ0v) is 21.6. The molecule has 0 atom stereocenters. The van der Waals surface area contributed by atoms with Crippen LogP contribution in [-0.4, -0.2) is 51.0 Å². The molecule has 1 N–H and O–H groups in total. The fourth-order valence-electron chi connectivity index (χ4n) is 2.94. The zero-order chi connectivity index (χ0) is 24.9. The Labute approximate surface area is 223 Å². The van der Waals surface area contributed by atoms with E-state index in [0.29, 0.717) is 26.2 Å². The smallest absolute Gasteiger partial charge is 0.293 e. The van der Waals surface area contributed by atoms with Crippen molar-refractivity contribution >= 4 is 81.5 Å². The van der Waals surface area contributed by atoms with Crippen molar-refractivity contribution in [3.05, 3.63) is 68.0 Å². The highest BCUT2D eigenvalue weighted by Gasteiger charge is 2.34. The molecule has 8 nitrogen and oxygen atoms in total. The molecule has 1 aliphatic heterocycles. The van der Waals surface area contributed by atoms with Crippen molar-refractivity contribution in [2.24, 2.45) is 0 Å². The minimum absolute atomic E-state index is 0.0171. The van der Waals surface area contributed by atoms with Crippen LogP contribution < -0.4 is 5.32 Å². The lowest BCUT2D eigenvalue weighted by Gasteiger charge is -2.12. The van der Waals surface area contributed by atoms with Crippen LogP contribution in [0.2, 0.25) is 15.1 Å². The van der Waals surface area contributed by atoms with Crippen LogP contribution in [0.1, 0.15) is 5.56 Å². The number of halogens is 3. The average Bonchev–Trinajstić information content (AvgIpc) is 3.40. The summed E-state index contributed by atoms with van der Waals surface area (Å²) < 4.78 is 5.54. The second-order valence-corrected chi connectivity index (χ2v) is 10.1. The quantitative estimate of drug-likeness (QED) is 0.274. The highest BCUT2D eigenvalue weighted by molar-refractivity contribution is 8.18. The summed E-state index contributed by atoms with van der Waals surface area (Å²) in [5.74, 6) is -0.478. The van der Waals surface area contributed by atoms with Gasteiger partial charge in [-0.1, -0.05) is 64.8 Å². The predicted octanol–water partition coefficient (Wildman–Crippen LogP) is 5.64. The molecule has 4 rings (SSSR count). The molecule has 1 fully saturated rings. The van der Waals surface area contributed by atoms with Gasteiger partial charge < -0.3 is 9.73 Å². The third-order valence-electron chi connectivity index (χ3n) is 4.61. The summed E-state index contributed by atoms with van der Waals surface area (Å²) in [6.07, 6.45) is 1.57. The third kappa shape index (κ3) is 6.39. The Balaban J connectivity index is 1.25. The van der Waals surface area contributed by atoms with Crippen LogP contribution >= 0.6 is 58.3 Å². The van der Waals surface area contributed by atoms with E-state index < -0.39 is 11.1 Å². The van der Waals surface area contributed by atoms with Gasteiger partial charge in [0.1, 0.15) is 0 Å². The molecule has 0 bridgehead atoms. The number of carbonyl (C=O) groups excluding carboxylic acids is 3. The van der Waals surface area contributed by atoms with Crippen LogP contribution in [0.4, 0.5) is 4.79 Å². The average molecular weight is 570 g/mol. The van der Waals surface area contributed by atoms with E-state index in [2.05, 4.69) is 15.5 Å². The summed E-state index contributed by atoms with van der Waals surface area (Å²) in [5.41, 5.74) is 1.25. The van der Waals surface area contributed by atoms with Crippen LogP contribution in [0.15, 0.2) is 57.0 Å². The Bertz CT molecular complexity index is 1330. The van der Waals surface area contributed by atoms with E-state index in [1.165, 1.54) is 0 Å². The molecule has 0 spiro atoms. The topological polar surface area (TPSA) is 105 Å². The maximum atomic E-state index is 12.6. The number of imide groups is 1. The first kappa shape index (κ1) is 25.6. The summed E-state index contributed by atoms with van der Waals surface area (Å²) in [6, 6.07) is 12.0. The van der Waals surface area contributed by atoms with Crippen LogP contribution in [0, 0.1) is 0 Å². The maximum Gasteiger partial charge on any atom is 0.293 e. The highest BCUT2D eigenvalue weighted by Crippen LogP contribution is 2.33. The third-order valence-corrected chi connectivity index (χ3v) is 7.40. The standard InChI is InChI=1S/C22H15Cl3N4O4S2/c23-14-4-2-1-3-13(14)19-27-28-21(33-19)34-11-18(30)26-7-8-29-20(31)17(35-22(29)32)10-12-5-6-15(24)16(25)9-12/h1-6,9-10H,7-8,11H2,(H,26,30). The van der Waals surface area contributed by atoms with E-state index in [1.54, 1.807) is 48.5 Å². The van der Waals surface area contributed by atoms with Gasteiger partial charge in [0, 0.05) is 13.1 Å². The van der Waals surface area contributed by atoms with Gasteiger partial charge in [-0.3, -0.25) is 19.3 Å². The molecular weight excluding hydrogens is 555 g/mol. The van der Waals surface area contributed by atoms with Gasteiger partial charge in [0.25, 0.3) is 16.4 Å². The van der Waals surface area contributed by atoms with Crippen molar-refractivity contribution in [1.29, 1.82) is 0 Å². The van der Waals surface area contributed by atoms with E-state index >= 15 is 0 Å². The second-order valence-electron chi connectivity index (χ2n) is 7.00. The largest absolute Gasteiger partial charge is 0.411 e. The Morgan fingerprint density at radius 1 is 1.09 bits per heavy atom. The summed E-state index contributed by atoms with van der Waals surface area (Å²) in [7, 11) is 0. The lowest BCUT2D eigenvalue weighted by atomic mass is 10.2. The summed E-state index contributed by atoms with van der Waals surface area (Å²) in [4.78, 5) is 38.4. The molecule has 0 radical (unpaired) electrons. The fraction of sp³-hybridized carbons (Fsp3) is 0.136. The normalized spacial score (nSPS) is 14.7. The number of nitrogens with zero attached hydrogens (tertiary/aromatic N) is 3. The monoisotopic (exact) mass is 568 g/mol. The Kier molecular flexibility index (Phi) is 8.40. The fourth-order valence-corrected chi connectivity index (χ4v) is 4.92. The molecule has 180 valence electrons. The number of nitrogens with one attached hydrogen (secondary N) is 1. The first-order chi connectivity index (χ1) is 16.8. The molecule has 1 aliphatic rings. The number of rotatable bonds is 8. The molecule has 3 aromatic rings. The highest BCUT2D eigenvalue weighted by atomic mass is 35.5. The van der Waals surface area contributed by atoms with Crippen molar-refractivity contribution in [1.82, 2.24) is 20.4 Å². The first-order valence-electron chi connectivity index (χ1n) is 10.00. The van der Waals surface area contributed by atoms with Crippen LogP contribution in [0.25, 0.3) is 17.5 Å². The summed E-state index contributed by atoms with van der Waals surface area (Å²) >= 11 is 19.9. The second kappa shape index (κ2) is 11.5. The summed E-state index contributed by atoms with van der Waals surface area (Å²) in [5, 5.41) is 11.5. The van der Waals surface area contributed by atoms with Gasteiger partial charge in [-0.2, -0.15) is 0 Å². The molecule has 2 heterocycles. The van der Waals surface area contributed by atoms with Gasteiger partial charge in [0.15, 0.2) is 0 Å². The number of amides is 3. The molecule has 0 unspecified atom stereocenters. The van der Waals surface area contributed by atoms with Crippen LogP contribution in [0.3, 0.4) is 0 Å². The van der Waals surface area contributed by atoms with E-state index in [0.717, 1.165) is 28.4 Å². The number of carbonyl (C=O) groups is 3. The van der Waals surface area contributed by atoms with Crippen molar-refractivity contribution in [3.63, 3.8) is 0 Å². The van der Waals surface area contributed by atoms with E-state index in [4.69, 9.17) is 39.2 Å². The van der Waals surface area contributed by atoms with E-state index in [-0.39, 0.29) is 40.8 Å². The first-order valence-corrected chi connectivity index (χ1v) is 12.9. The van der Waals surface area contributed by atoms with Crippen molar-refractivity contribution in [3.8, 4) is 11.5 Å². The van der Waals surface area contributed by atoms with Gasteiger partial charge in [-0.15, -0.1) is 10.2 Å². The minimum atomic E-state index is -0.437. The summed E-state index contributed by atoms with van der Waals surface area (Å²) in [6.45, 7) is 0.142. The molecule has 3 amide bonds. The van der Waals surface area contributed by atoms with Crippen LogP contribution in [0.5, 0.6) is 0 Å². The maximum absolute atomic E-state index is 12.6. The van der Waals surface area contributed by atoms with E-state index in [9.17, 15) is 14.4 Å². The Hall–Kier alpha value is -2.50. The predicted molar refractivity (Wildman–Crippen MR) is 138 cm³/mol. The number of thioether (sulfide) groups is 2. The molecule has 1 saturated heterocycles. The van der Waals surface area contributed by atoms with Gasteiger partial charge in [0.05, 0.1) is 31.3 Å². The van der Waals surface area contributed by atoms with Crippen LogP contribution in [-0.2, 0) is 9.59 Å². The molecule has 0 aliphatic carbocycles. The number of hydrogen-bond donors (Lipinski definition) is 1. The Morgan fingerprint density at radius 2 is 1.89 bits per heavy atom. The molecular formula is C22H15Cl3N4O4S2. The van der Waals surface area contributed by atoms with Crippen molar-refractivity contribution in [2.45, 2.75) is 5.22 Å². The molecule has 1 aromatic heterocycles. The SMILES string of the molecule is O=C(CSc1nnc(-c2ccccc2Cl)o1)NCCN1C(=O)SC(=Cc2ccc(Cl)c(Cl)c2)C1=O. The van der Waals surface area contributed by atoms with Gasteiger partial charge in [0.2, 0.25) is 11.8 Å². The van der Waals surface area contributed by atoms with Crippen molar-refractivity contribution < 1.29 is 18.8 Å². The van der Waals surface area contributed by atoms with Gasteiger partial charge in [-0.05, 0) is 47.7 Å². The lowest BCUT2D eigenvalue weighted by Crippen LogP contribution is -2.37. The lowest BCUT2D eigenvalue weighted by molar-refractivity contribution is -0.123. The minimum Gasteiger partial charge on any atom is -0.411 e. The number of benzene rings is 2. The number of aromatic nitrogens is 2. The molecule has 0 saturated carbocycles. The van der Waals surface area contributed by atoms with Gasteiger partial charge >= 0.3 is 0 Å². The molecule has 13 heteroatoms. The van der Waals surface area contributed by atoms with Crippen molar-refractivity contribution in [2.75, 3.05) is 18.8 Å². The van der Waals surface area contributed by atoms with E-state index in [1.807, 2.05) is 0 Å². The molecule has 35 heavy (non-hydrogen) atoms. The van der Waals surface area contributed by atoms with Gasteiger partial charge in [-0.25, -0.2) is 0 Å². The zero-order valence-electron chi connectivity index (χ0n) is 17.7. The number of hydrogen-bond acceptors (Lipinski definition) is 8. The molecule has 2 aromatic carbocycles. The Morgan fingerprint density at radius 3 is 2.66 bits per heavy atom.